The average molecular weight is 529 g/mol. The maximum atomic E-state index is 14.1. The van der Waals surface area contributed by atoms with Crippen LogP contribution in [0.1, 0.15) is 70.6 Å². The molecule has 3 amide bonds. The number of anilines is 1. The van der Waals surface area contributed by atoms with Crippen molar-refractivity contribution in [1.82, 2.24) is 10.4 Å². The number of nitrogens with zero attached hydrogens (tertiary/aromatic N) is 3. The number of benzene rings is 1. The molecular weight excluding hydrogens is 490 g/mol. The lowest BCUT2D eigenvalue weighted by Gasteiger charge is -2.35. The number of Topliss-reactive ketones (excluding diaryl/α,β-unsaturated/α-hetero) is 1. The predicted molar refractivity (Wildman–Crippen MR) is 139 cm³/mol. The van der Waals surface area contributed by atoms with Gasteiger partial charge in [-0.3, -0.25) is 9.59 Å². The van der Waals surface area contributed by atoms with Crippen LogP contribution in [0.15, 0.2) is 28.7 Å². The fourth-order valence-electron chi connectivity index (χ4n) is 4.80. The molecule has 0 fully saturated rings. The molecule has 0 saturated carbocycles. The van der Waals surface area contributed by atoms with Crippen molar-refractivity contribution in [2.24, 2.45) is 23.5 Å². The zero-order valence-corrected chi connectivity index (χ0v) is 23.3. The molecule has 0 radical (unpaired) electrons. The molecule has 0 bridgehead atoms. The highest BCUT2D eigenvalue weighted by molar-refractivity contribution is 6.03. The number of aromatic nitrogens is 2. The predicted octanol–water partition coefficient (Wildman–Crippen LogP) is 2.98. The highest BCUT2D eigenvalue weighted by atomic mass is 16.5. The van der Waals surface area contributed by atoms with Gasteiger partial charge in [-0.05, 0) is 39.7 Å². The molecule has 0 aliphatic carbocycles. The van der Waals surface area contributed by atoms with Crippen LogP contribution in [0.3, 0.4) is 0 Å². The van der Waals surface area contributed by atoms with Crippen molar-refractivity contribution in [2.75, 3.05) is 12.0 Å². The first-order valence-corrected chi connectivity index (χ1v) is 12.7. The number of carbonyl (C=O) groups is 4. The van der Waals surface area contributed by atoms with Crippen molar-refractivity contribution >= 4 is 29.5 Å². The topological polar surface area (TPSA) is 149 Å². The smallest absolute Gasteiger partial charge is 0.453 e. The number of alkyl carbamates (subject to hydrolysis) is 1. The molecule has 11 heteroatoms. The molecule has 1 aliphatic rings. The molecule has 206 valence electrons. The van der Waals surface area contributed by atoms with Crippen LogP contribution in [-0.2, 0) is 21.4 Å². The number of fused-ring (bicyclic) bond motifs is 1. The first-order chi connectivity index (χ1) is 17.7. The van der Waals surface area contributed by atoms with E-state index in [1.54, 1.807) is 4.90 Å². The van der Waals surface area contributed by atoms with Gasteiger partial charge >= 0.3 is 18.0 Å². The molecule has 1 aromatic carbocycles. The van der Waals surface area contributed by atoms with Crippen LogP contribution in [0.25, 0.3) is 0 Å². The number of carbonyl (C=O) groups excluding carboxylic acids is 4. The van der Waals surface area contributed by atoms with Gasteiger partial charge in [0.1, 0.15) is 6.04 Å². The SMILES string of the molecule is COC(=O)N[C@H](C(=O)N1c2ccccc2C[C@H]1[C@@H](C(=O)c1oc(C(C)(C)C)n[n+]1C(N)=O)C(C)C)C(C)C. The molecule has 1 aliphatic heterocycles. The molecule has 0 saturated heterocycles. The van der Waals surface area contributed by atoms with Crippen LogP contribution in [0.4, 0.5) is 15.3 Å². The van der Waals surface area contributed by atoms with Gasteiger partial charge in [0.05, 0.1) is 19.1 Å². The third-order valence-electron chi connectivity index (χ3n) is 6.71. The van der Waals surface area contributed by atoms with E-state index in [0.717, 1.165) is 10.2 Å². The van der Waals surface area contributed by atoms with Gasteiger partial charge in [0, 0.05) is 11.1 Å². The molecule has 3 atom stereocenters. The first kappa shape index (κ1) is 28.8. The van der Waals surface area contributed by atoms with Crippen molar-refractivity contribution in [3.05, 3.63) is 41.6 Å². The van der Waals surface area contributed by atoms with Crippen LogP contribution >= 0.6 is 0 Å². The third-order valence-corrected chi connectivity index (χ3v) is 6.71. The second-order valence-corrected chi connectivity index (χ2v) is 11.3. The highest BCUT2D eigenvalue weighted by Crippen LogP contribution is 2.39. The lowest BCUT2D eigenvalue weighted by Crippen LogP contribution is -2.58. The summed E-state index contributed by atoms with van der Waals surface area (Å²) in [6.07, 6.45) is -0.326. The number of amides is 3. The molecule has 2 aromatic rings. The molecule has 1 aromatic heterocycles. The number of primary amides is 1. The van der Waals surface area contributed by atoms with Gasteiger partial charge in [0.25, 0.3) is 0 Å². The first-order valence-electron chi connectivity index (χ1n) is 12.7. The van der Waals surface area contributed by atoms with Gasteiger partial charge < -0.3 is 19.4 Å². The Labute approximate surface area is 222 Å². The zero-order chi connectivity index (χ0) is 28.5. The molecule has 3 N–H and O–H groups in total. The Balaban J connectivity index is 2.12. The van der Waals surface area contributed by atoms with Crippen LogP contribution in [0, 0.1) is 17.8 Å². The van der Waals surface area contributed by atoms with Crippen molar-refractivity contribution in [1.29, 1.82) is 0 Å². The largest absolute Gasteiger partial charge is 0.518 e. The van der Waals surface area contributed by atoms with E-state index >= 15 is 0 Å². The summed E-state index contributed by atoms with van der Waals surface area (Å²) in [6, 6.07) is 4.96. The highest BCUT2D eigenvalue weighted by Gasteiger charge is 2.48. The molecule has 3 rings (SSSR count). The second-order valence-electron chi connectivity index (χ2n) is 11.3. The lowest BCUT2D eigenvalue weighted by atomic mass is 9.82. The number of para-hydroxylation sites is 1. The second kappa shape index (κ2) is 10.9. The molecule has 2 heterocycles. The molecular formula is C27H38N5O6+. The number of methoxy groups -OCH3 is 1. The third kappa shape index (κ3) is 5.56. The quantitative estimate of drug-likeness (QED) is 0.414. The number of hydrogen-bond acceptors (Lipinski definition) is 7. The van der Waals surface area contributed by atoms with Crippen LogP contribution in [0.2, 0.25) is 0 Å². The monoisotopic (exact) mass is 528 g/mol. The van der Waals surface area contributed by atoms with Gasteiger partial charge in [-0.25, -0.2) is 10.5 Å². The van der Waals surface area contributed by atoms with E-state index in [-0.39, 0.29) is 29.5 Å². The van der Waals surface area contributed by atoms with Gasteiger partial charge in [0.15, 0.2) is 0 Å². The average Bonchev–Trinajstić information content (AvgIpc) is 3.44. The Morgan fingerprint density at radius 1 is 1.13 bits per heavy atom. The Bertz CT molecular complexity index is 1230. The van der Waals surface area contributed by atoms with Crippen molar-refractivity contribution in [2.45, 2.75) is 72.4 Å². The Kier molecular flexibility index (Phi) is 8.28. The lowest BCUT2D eigenvalue weighted by molar-refractivity contribution is -0.637. The van der Waals surface area contributed by atoms with Crippen LogP contribution < -0.4 is 20.6 Å². The summed E-state index contributed by atoms with van der Waals surface area (Å²) in [5.74, 6) is -2.24. The van der Waals surface area contributed by atoms with E-state index in [4.69, 9.17) is 14.9 Å². The Hall–Kier alpha value is -3.76. The maximum absolute atomic E-state index is 14.1. The summed E-state index contributed by atoms with van der Waals surface area (Å²) in [6.45, 7) is 12.9. The fraction of sp³-hybridized carbons (Fsp3) is 0.556. The minimum Gasteiger partial charge on any atom is -0.453 e. The normalized spacial score (nSPS) is 16.8. The number of ketones is 1. The van der Waals surface area contributed by atoms with E-state index in [0.29, 0.717) is 12.1 Å². The minimum atomic E-state index is -0.945. The molecule has 0 spiro atoms. The summed E-state index contributed by atoms with van der Waals surface area (Å²) in [5, 5.41) is 6.81. The van der Waals surface area contributed by atoms with E-state index in [2.05, 4.69) is 10.4 Å². The summed E-state index contributed by atoms with van der Waals surface area (Å²) in [5.41, 5.74) is 6.51. The van der Waals surface area contributed by atoms with E-state index in [1.807, 2.05) is 72.7 Å². The van der Waals surface area contributed by atoms with Gasteiger partial charge in [-0.15, -0.1) is 0 Å². The summed E-state index contributed by atoms with van der Waals surface area (Å²) >= 11 is 0. The summed E-state index contributed by atoms with van der Waals surface area (Å²) in [7, 11) is 1.23. The molecule has 38 heavy (non-hydrogen) atoms. The molecule has 11 nitrogen and oxygen atoms in total. The van der Waals surface area contributed by atoms with Crippen molar-refractivity contribution < 1.29 is 33.0 Å². The van der Waals surface area contributed by atoms with Gasteiger partial charge in [-0.1, -0.05) is 66.7 Å². The summed E-state index contributed by atoms with van der Waals surface area (Å²) in [4.78, 5) is 54.0. The van der Waals surface area contributed by atoms with Crippen LogP contribution in [0.5, 0.6) is 0 Å². The maximum Gasteiger partial charge on any atom is 0.518 e. The number of ether oxygens (including phenoxy) is 1. The molecule has 0 unspecified atom stereocenters. The minimum absolute atomic E-state index is 0.187. The standard InChI is InChI=1S/C27H37N5O6/c1-14(2)19(21(33)23-32(25(28)35)30-24(38-23)27(5,6)7)18-13-16-11-9-10-12-17(16)31(18)22(34)20(15(3)4)29-26(36)37-8/h9-12,14-15,18-20H,13H2,1-8H3,(H2-,28,29,35,36)/p+1/t18-,19-,20-/m0/s1. The van der Waals surface area contributed by atoms with E-state index < -0.39 is 41.3 Å². The Morgan fingerprint density at radius 2 is 1.76 bits per heavy atom. The van der Waals surface area contributed by atoms with Crippen LogP contribution in [-0.4, -0.2) is 48.1 Å². The summed E-state index contributed by atoms with van der Waals surface area (Å²) < 4.78 is 11.4. The number of nitrogens with two attached hydrogens (primary N) is 1. The van der Waals surface area contributed by atoms with E-state index in [1.165, 1.54) is 7.11 Å². The van der Waals surface area contributed by atoms with Crippen molar-refractivity contribution in [3.63, 3.8) is 0 Å². The number of nitrogens with one attached hydrogen (secondary N) is 1. The number of hydrogen-bond donors (Lipinski definition) is 2. The number of rotatable bonds is 7. The van der Waals surface area contributed by atoms with Crippen molar-refractivity contribution in [3.8, 4) is 0 Å². The van der Waals surface area contributed by atoms with E-state index in [9.17, 15) is 19.2 Å². The zero-order valence-electron chi connectivity index (χ0n) is 23.3. The van der Waals surface area contributed by atoms with Gasteiger partial charge in [-0.2, -0.15) is 4.79 Å². The Morgan fingerprint density at radius 3 is 2.29 bits per heavy atom. The fourth-order valence-corrected chi connectivity index (χ4v) is 4.80. The van der Waals surface area contributed by atoms with Gasteiger partial charge in [0.2, 0.25) is 17.6 Å².